The van der Waals surface area contributed by atoms with Gasteiger partial charge in [0.25, 0.3) is 0 Å². The topological polar surface area (TPSA) is 104 Å². The molecule has 1 heterocycles. The Morgan fingerprint density at radius 2 is 1.78 bits per heavy atom. The quantitative estimate of drug-likeness (QED) is 0.674. The molecule has 0 aromatic heterocycles. The molecule has 1 aliphatic rings. The Kier molecular flexibility index (Phi) is 5.54. The third-order valence-electron chi connectivity index (χ3n) is 2.74. The Balaban J connectivity index is 2.34. The Morgan fingerprint density at radius 1 is 1.17 bits per heavy atom. The summed E-state index contributed by atoms with van der Waals surface area (Å²) in [5, 5.41) is 8.39. The molecule has 0 radical (unpaired) electrons. The molecule has 0 aliphatic carbocycles. The van der Waals surface area contributed by atoms with Crippen molar-refractivity contribution >= 4 is 21.9 Å². The van der Waals surface area contributed by atoms with Gasteiger partial charge in [-0.25, -0.2) is 13.1 Å². The standard InChI is InChI=1S/C10H18N2O5S/c13-9(12-5-2-1-3-6-12)8-11-18(16,17)7-4-10(14)15/h11H,1-8H2,(H,14,15). The number of carbonyl (C=O) groups is 2. The zero-order valence-electron chi connectivity index (χ0n) is 10.1. The molecule has 0 aromatic carbocycles. The van der Waals surface area contributed by atoms with Crippen LogP contribution in [0.4, 0.5) is 0 Å². The Labute approximate surface area is 106 Å². The highest BCUT2D eigenvalue weighted by atomic mass is 32.2. The summed E-state index contributed by atoms with van der Waals surface area (Å²) in [6, 6.07) is 0. The molecule has 0 saturated carbocycles. The predicted molar refractivity (Wildman–Crippen MR) is 64.5 cm³/mol. The Morgan fingerprint density at radius 3 is 2.33 bits per heavy atom. The molecule has 2 N–H and O–H groups in total. The molecule has 1 aliphatic heterocycles. The number of piperidine rings is 1. The highest BCUT2D eigenvalue weighted by Crippen LogP contribution is 2.08. The first-order valence-electron chi connectivity index (χ1n) is 5.87. The summed E-state index contributed by atoms with van der Waals surface area (Å²) < 4.78 is 24.9. The van der Waals surface area contributed by atoms with E-state index >= 15 is 0 Å². The van der Waals surface area contributed by atoms with E-state index in [1.807, 2.05) is 0 Å². The third-order valence-corrected chi connectivity index (χ3v) is 4.06. The number of aliphatic carboxylic acids is 1. The van der Waals surface area contributed by atoms with E-state index in [1.54, 1.807) is 4.90 Å². The smallest absolute Gasteiger partial charge is 0.304 e. The van der Waals surface area contributed by atoms with Crippen LogP contribution < -0.4 is 4.72 Å². The van der Waals surface area contributed by atoms with Gasteiger partial charge in [-0.2, -0.15) is 0 Å². The average molecular weight is 278 g/mol. The second kappa shape index (κ2) is 6.69. The molecule has 1 amide bonds. The highest BCUT2D eigenvalue weighted by Gasteiger charge is 2.19. The number of nitrogens with zero attached hydrogens (tertiary/aromatic N) is 1. The fraction of sp³-hybridized carbons (Fsp3) is 0.800. The number of rotatable bonds is 6. The zero-order valence-corrected chi connectivity index (χ0v) is 10.9. The van der Waals surface area contributed by atoms with Crippen molar-refractivity contribution in [3.8, 4) is 0 Å². The van der Waals surface area contributed by atoms with Crippen molar-refractivity contribution in [2.75, 3.05) is 25.4 Å². The number of hydrogen-bond acceptors (Lipinski definition) is 4. The third kappa shape index (κ3) is 5.46. The summed E-state index contributed by atoms with van der Waals surface area (Å²) in [6.07, 6.45) is 2.51. The molecule has 0 atom stereocenters. The van der Waals surface area contributed by atoms with Gasteiger partial charge in [0.15, 0.2) is 0 Å². The van der Waals surface area contributed by atoms with Crippen LogP contribution in [0.15, 0.2) is 0 Å². The van der Waals surface area contributed by atoms with Crippen LogP contribution in [0.2, 0.25) is 0 Å². The van der Waals surface area contributed by atoms with Gasteiger partial charge in [-0.15, -0.1) is 0 Å². The molecule has 0 bridgehead atoms. The monoisotopic (exact) mass is 278 g/mol. The van der Waals surface area contributed by atoms with Crippen molar-refractivity contribution in [3.63, 3.8) is 0 Å². The lowest BCUT2D eigenvalue weighted by molar-refractivity contribution is -0.136. The molecular weight excluding hydrogens is 260 g/mol. The van der Waals surface area contributed by atoms with Gasteiger partial charge in [-0.05, 0) is 19.3 Å². The van der Waals surface area contributed by atoms with E-state index in [0.29, 0.717) is 13.1 Å². The molecule has 0 aromatic rings. The van der Waals surface area contributed by atoms with Crippen molar-refractivity contribution in [2.45, 2.75) is 25.7 Å². The first-order valence-corrected chi connectivity index (χ1v) is 7.53. The van der Waals surface area contributed by atoms with E-state index in [0.717, 1.165) is 19.3 Å². The lowest BCUT2D eigenvalue weighted by Gasteiger charge is -2.26. The van der Waals surface area contributed by atoms with Gasteiger partial charge in [-0.3, -0.25) is 9.59 Å². The fourth-order valence-electron chi connectivity index (χ4n) is 1.72. The molecule has 8 heteroatoms. The first kappa shape index (κ1) is 14.9. The van der Waals surface area contributed by atoms with Gasteiger partial charge in [0.05, 0.1) is 18.7 Å². The number of carbonyl (C=O) groups excluding carboxylic acids is 1. The largest absolute Gasteiger partial charge is 0.481 e. The lowest BCUT2D eigenvalue weighted by Crippen LogP contribution is -2.43. The SMILES string of the molecule is O=C(O)CCS(=O)(=O)NCC(=O)N1CCCCC1. The Bertz CT molecular complexity index is 400. The molecule has 104 valence electrons. The van der Waals surface area contributed by atoms with Crippen molar-refractivity contribution in [1.82, 2.24) is 9.62 Å². The molecular formula is C10H18N2O5S. The van der Waals surface area contributed by atoms with Crippen molar-refractivity contribution in [1.29, 1.82) is 0 Å². The number of sulfonamides is 1. The van der Waals surface area contributed by atoms with Crippen LogP contribution in [0.1, 0.15) is 25.7 Å². The highest BCUT2D eigenvalue weighted by molar-refractivity contribution is 7.89. The van der Waals surface area contributed by atoms with Gasteiger partial charge in [0, 0.05) is 13.1 Å². The fourth-order valence-corrected chi connectivity index (χ4v) is 2.65. The molecule has 0 unspecified atom stereocenters. The summed E-state index contributed by atoms with van der Waals surface area (Å²) in [4.78, 5) is 23.6. The second-order valence-corrected chi connectivity index (χ2v) is 6.15. The molecule has 7 nitrogen and oxygen atoms in total. The minimum absolute atomic E-state index is 0.256. The first-order chi connectivity index (χ1) is 8.41. The molecule has 1 rings (SSSR count). The maximum absolute atomic E-state index is 11.7. The van der Waals surface area contributed by atoms with Crippen LogP contribution in [0.3, 0.4) is 0 Å². The van der Waals surface area contributed by atoms with Gasteiger partial charge in [-0.1, -0.05) is 0 Å². The molecule has 18 heavy (non-hydrogen) atoms. The molecule has 1 fully saturated rings. The van der Waals surface area contributed by atoms with Crippen molar-refractivity contribution < 1.29 is 23.1 Å². The zero-order chi connectivity index (χ0) is 13.6. The van der Waals surface area contributed by atoms with Gasteiger partial charge < -0.3 is 10.0 Å². The number of amides is 1. The van der Waals surface area contributed by atoms with Gasteiger partial charge >= 0.3 is 5.97 Å². The molecule has 1 saturated heterocycles. The minimum atomic E-state index is -3.69. The number of nitrogens with one attached hydrogen (secondary N) is 1. The van der Waals surface area contributed by atoms with Gasteiger partial charge in [0.1, 0.15) is 0 Å². The number of carboxylic acids is 1. The summed E-state index contributed by atoms with van der Waals surface area (Å²) in [6.45, 7) is 1.04. The van der Waals surface area contributed by atoms with Crippen molar-refractivity contribution in [2.24, 2.45) is 0 Å². The van der Waals surface area contributed by atoms with E-state index in [4.69, 9.17) is 5.11 Å². The van der Waals surface area contributed by atoms with E-state index in [-0.39, 0.29) is 12.5 Å². The minimum Gasteiger partial charge on any atom is -0.481 e. The van der Waals surface area contributed by atoms with Crippen LogP contribution in [0.5, 0.6) is 0 Å². The van der Waals surface area contributed by atoms with E-state index < -0.39 is 28.2 Å². The van der Waals surface area contributed by atoms with Crippen molar-refractivity contribution in [3.05, 3.63) is 0 Å². The second-order valence-electron chi connectivity index (χ2n) is 4.23. The number of hydrogen-bond donors (Lipinski definition) is 2. The van der Waals surface area contributed by atoms with E-state index in [9.17, 15) is 18.0 Å². The van der Waals surface area contributed by atoms with Crippen LogP contribution in [-0.4, -0.2) is 55.7 Å². The maximum Gasteiger partial charge on any atom is 0.304 e. The molecule has 0 spiro atoms. The van der Waals surface area contributed by atoms with Crippen LogP contribution in [0.25, 0.3) is 0 Å². The van der Waals surface area contributed by atoms with Crippen LogP contribution in [0, 0.1) is 0 Å². The van der Waals surface area contributed by atoms with E-state index in [2.05, 4.69) is 4.72 Å². The summed E-state index contributed by atoms with van der Waals surface area (Å²) in [7, 11) is -3.69. The predicted octanol–water partition coefficient (Wildman–Crippen LogP) is -0.607. The summed E-state index contributed by atoms with van der Waals surface area (Å²) in [5.74, 6) is -1.94. The van der Waals surface area contributed by atoms with Crippen LogP contribution >= 0.6 is 0 Å². The van der Waals surface area contributed by atoms with Gasteiger partial charge in [0.2, 0.25) is 15.9 Å². The maximum atomic E-state index is 11.7. The van der Waals surface area contributed by atoms with Crippen LogP contribution in [-0.2, 0) is 19.6 Å². The summed E-state index contributed by atoms with van der Waals surface area (Å²) >= 11 is 0. The van der Waals surface area contributed by atoms with E-state index in [1.165, 1.54) is 0 Å². The summed E-state index contributed by atoms with van der Waals surface area (Å²) in [5.41, 5.74) is 0. The average Bonchev–Trinajstić information content (AvgIpc) is 2.35. The number of likely N-dealkylation sites (tertiary alicyclic amines) is 1. The number of carboxylic acid groups (broad SMARTS) is 1. The Hall–Kier alpha value is -1.15. The lowest BCUT2D eigenvalue weighted by atomic mass is 10.1. The normalized spacial score (nSPS) is 16.6.